The minimum atomic E-state index is -0.342. The van der Waals surface area contributed by atoms with Gasteiger partial charge in [0.25, 0.3) is 23.6 Å². The van der Waals surface area contributed by atoms with E-state index >= 15 is 0 Å². The minimum absolute atomic E-state index is 0.0996. The Hall–Kier alpha value is -10.4. The smallest absolute Gasteiger partial charge is 0.251 e. The molecule has 4 amide bonds. The zero-order chi connectivity index (χ0) is 58.7. The lowest BCUT2D eigenvalue weighted by Gasteiger charge is -2.15. The van der Waals surface area contributed by atoms with Gasteiger partial charge in [0.15, 0.2) is 0 Å². The lowest BCUT2D eigenvalue weighted by atomic mass is 9.98. The summed E-state index contributed by atoms with van der Waals surface area (Å²) >= 11 is 0. The first-order valence-electron chi connectivity index (χ1n) is 28.3. The number of fused-ring (bicyclic) bond motifs is 4. The number of carbonyl (C=O) groups is 4. The number of H-pyrrole nitrogens is 3. The van der Waals surface area contributed by atoms with Crippen LogP contribution in [-0.4, -0.2) is 136 Å². The monoisotopic (exact) mass is 1130 g/mol. The number of hydrogen-bond donors (Lipinski definition) is 7. The maximum absolute atomic E-state index is 13.4. The molecule has 0 spiro atoms. The second-order valence-corrected chi connectivity index (χ2v) is 22.0. The van der Waals surface area contributed by atoms with Gasteiger partial charge in [-0.1, -0.05) is 72.8 Å². The van der Waals surface area contributed by atoms with Crippen molar-refractivity contribution in [2.45, 2.75) is 19.4 Å². The Bertz CT molecular complexity index is 4350. The fourth-order valence-corrected chi connectivity index (χ4v) is 10.4. The predicted molar refractivity (Wildman–Crippen MR) is 336 cm³/mol. The number of benzene rings is 8. The van der Waals surface area contributed by atoms with Gasteiger partial charge in [0, 0.05) is 84.1 Å². The Kier molecular flexibility index (Phi) is 15.5. The number of rotatable bonds is 19. The number of aliphatic imine (C=N–C) groups is 1. The molecule has 1 aliphatic heterocycles. The quantitative estimate of drug-likeness (QED) is 0.0409. The predicted octanol–water partition coefficient (Wildman–Crippen LogP) is 10.5. The van der Waals surface area contributed by atoms with Crippen molar-refractivity contribution in [3.63, 3.8) is 0 Å². The summed E-state index contributed by atoms with van der Waals surface area (Å²) in [5.41, 5.74) is 18.1. The van der Waals surface area contributed by atoms with Crippen LogP contribution in [0.15, 0.2) is 175 Å². The molecule has 0 unspecified atom stereocenters. The minimum Gasteiger partial charge on any atom is -0.351 e. The standard InChI is InChI=1S/C68H63N13O4/c1-40(72-68(85)48-20-12-44(13-21-48)64-76-57-29-25-52(37-61(57)79-64)51-24-28-56-60(36-51)78-63(75-56)43-10-18-46(19-11-43)66(83)70-31-33-81(4)5)39-71-67(84)47-14-6-41(7-15-47)58-38-53-34-49(22-26-54(53)73-58)50-23-27-55-59(35-50)77-62(74-55)42-8-16-45(17-9-42)65(82)69-30-32-80(2)3/h6-29,34-37,40H,30-33,38-39H2,1-5H3,(H,69,82)(H,70,83)(H,71,84)(H,72,85)(H,74,77)(H,75,78)(H,76,79)/t40-/m0/s1. The third-order valence-corrected chi connectivity index (χ3v) is 15.2. The second-order valence-electron chi connectivity index (χ2n) is 22.0. The van der Waals surface area contributed by atoms with E-state index in [9.17, 15) is 19.2 Å². The van der Waals surface area contributed by atoms with Crippen LogP contribution in [0.1, 0.15) is 59.5 Å². The van der Waals surface area contributed by atoms with Gasteiger partial charge in [-0.3, -0.25) is 24.2 Å². The average Bonchev–Trinajstić information content (AvgIpc) is 4.14. The molecule has 0 saturated heterocycles. The van der Waals surface area contributed by atoms with E-state index in [0.29, 0.717) is 47.6 Å². The Labute approximate surface area is 491 Å². The summed E-state index contributed by atoms with van der Waals surface area (Å²) < 4.78 is 0. The summed E-state index contributed by atoms with van der Waals surface area (Å²) in [6.45, 7) is 4.79. The maximum atomic E-state index is 13.4. The molecule has 1 aliphatic rings. The molecule has 0 saturated carbocycles. The number of aromatic nitrogens is 6. The lowest BCUT2D eigenvalue weighted by molar-refractivity contribution is 0.0912. The van der Waals surface area contributed by atoms with Crippen LogP contribution in [0.5, 0.6) is 0 Å². The molecular formula is C68H63N13O4. The van der Waals surface area contributed by atoms with Crippen LogP contribution in [-0.2, 0) is 6.42 Å². The van der Waals surface area contributed by atoms with E-state index in [2.05, 4.69) is 78.7 Å². The topological polar surface area (TPSA) is 221 Å². The SMILES string of the molecule is C[C@@H](CNC(=O)c1ccc(C2=Nc3ccc(-c4ccc5nc(-c6ccc(C(=O)NCCN(C)C)cc6)[nH]c5c4)cc3C2)cc1)NC(=O)c1ccc(-c2nc3ccc(-c4ccc5nc(-c6ccc(C(=O)NCCN(C)C)cc6)[nH]c5c4)cc3[nH]2)cc1. The number of aromatic amines is 3. The van der Waals surface area contributed by atoms with E-state index in [-0.39, 0.29) is 36.2 Å². The van der Waals surface area contributed by atoms with Crippen LogP contribution in [0.2, 0.25) is 0 Å². The van der Waals surface area contributed by atoms with Gasteiger partial charge in [-0.25, -0.2) is 15.0 Å². The molecule has 12 rings (SSSR count). The molecule has 0 bridgehead atoms. The summed E-state index contributed by atoms with van der Waals surface area (Å²) in [5.74, 6) is 1.44. The van der Waals surface area contributed by atoms with Gasteiger partial charge < -0.3 is 46.0 Å². The van der Waals surface area contributed by atoms with Crippen molar-refractivity contribution in [2.24, 2.45) is 4.99 Å². The highest BCUT2D eigenvalue weighted by Crippen LogP contribution is 2.35. The van der Waals surface area contributed by atoms with Crippen molar-refractivity contribution in [3.8, 4) is 56.4 Å². The van der Waals surface area contributed by atoms with Crippen molar-refractivity contribution in [1.82, 2.24) is 61.0 Å². The van der Waals surface area contributed by atoms with Gasteiger partial charge in [-0.15, -0.1) is 0 Å². The third kappa shape index (κ3) is 12.4. The summed E-state index contributed by atoms with van der Waals surface area (Å²) in [5, 5.41) is 11.9. The van der Waals surface area contributed by atoms with Gasteiger partial charge >= 0.3 is 0 Å². The van der Waals surface area contributed by atoms with Crippen LogP contribution in [0.3, 0.4) is 0 Å². The number of nitrogens with zero attached hydrogens (tertiary/aromatic N) is 6. The molecule has 0 radical (unpaired) electrons. The Morgan fingerprint density at radius 3 is 1.20 bits per heavy atom. The fraction of sp³-hybridized carbons (Fsp3) is 0.176. The number of likely N-dealkylation sites (N-methyl/N-ethyl adjacent to an activating group) is 2. The summed E-state index contributed by atoms with van der Waals surface area (Å²) in [4.78, 5) is 85.7. The zero-order valence-electron chi connectivity index (χ0n) is 47.8. The average molecular weight is 1130 g/mol. The molecule has 85 heavy (non-hydrogen) atoms. The van der Waals surface area contributed by atoms with Crippen LogP contribution < -0.4 is 21.3 Å². The van der Waals surface area contributed by atoms with E-state index in [0.717, 1.165) is 119 Å². The first-order chi connectivity index (χ1) is 41.2. The van der Waals surface area contributed by atoms with Crippen molar-refractivity contribution in [1.29, 1.82) is 0 Å². The van der Waals surface area contributed by atoms with Crippen LogP contribution >= 0.6 is 0 Å². The third-order valence-electron chi connectivity index (χ3n) is 15.2. The van der Waals surface area contributed by atoms with E-state index in [4.69, 9.17) is 19.9 Å². The number of imidazole rings is 3. The fourth-order valence-electron chi connectivity index (χ4n) is 10.4. The molecule has 3 aromatic heterocycles. The van der Waals surface area contributed by atoms with Gasteiger partial charge in [0.2, 0.25) is 0 Å². The molecule has 0 fully saturated rings. The van der Waals surface area contributed by atoms with Gasteiger partial charge in [0.1, 0.15) is 17.5 Å². The van der Waals surface area contributed by atoms with E-state index in [1.54, 1.807) is 24.3 Å². The first-order valence-corrected chi connectivity index (χ1v) is 28.3. The summed E-state index contributed by atoms with van der Waals surface area (Å²) in [6.07, 6.45) is 0.658. The van der Waals surface area contributed by atoms with E-state index < -0.39 is 0 Å². The van der Waals surface area contributed by atoms with Crippen LogP contribution in [0.4, 0.5) is 5.69 Å². The van der Waals surface area contributed by atoms with Gasteiger partial charge in [0.05, 0.1) is 44.5 Å². The molecular weight excluding hydrogens is 1060 g/mol. The van der Waals surface area contributed by atoms with Crippen molar-refractivity contribution in [3.05, 3.63) is 203 Å². The largest absolute Gasteiger partial charge is 0.351 e. The highest BCUT2D eigenvalue weighted by atomic mass is 16.2. The summed E-state index contributed by atoms with van der Waals surface area (Å²) in [7, 11) is 7.89. The van der Waals surface area contributed by atoms with Gasteiger partial charge in [-0.05, 0) is 166 Å². The highest BCUT2D eigenvalue weighted by molar-refractivity contribution is 6.07. The van der Waals surface area contributed by atoms with Crippen molar-refractivity contribution in [2.75, 3.05) is 60.9 Å². The molecule has 0 aliphatic carbocycles. The number of carbonyl (C=O) groups excluding carboxylic acids is 4. The Morgan fingerprint density at radius 2 is 0.788 bits per heavy atom. The highest BCUT2D eigenvalue weighted by Gasteiger charge is 2.20. The van der Waals surface area contributed by atoms with Gasteiger partial charge in [-0.2, -0.15) is 0 Å². The first kappa shape index (κ1) is 55.2. The zero-order valence-corrected chi connectivity index (χ0v) is 47.8. The van der Waals surface area contributed by atoms with Crippen LogP contribution in [0.25, 0.3) is 89.5 Å². The number of hydrogen-bond acceptors (Lipinski definition) is 10. The van der Waals surface area contributed by atoms with Crippen molar-refractivity contribution >= 4 is 68.1 Å². The number of nitrogens with one attached hydrogen (secondary N) is 7. The van der Waals surface area contributed by atoms with Crippen molar-refractivity contribution < 1.29 is 19.2 Å². The molecule has 424 valence electrons. The number of amides is 4. The van der Waals surface area contributed by atoms with Crippen LogP contribution in [0, 0.1) is 0 Å². The van der Waals surface area contributed by atoms with E-state index in [1.165, 1.54) is 0 Å². The maximum Gasteiger partial charge on any atom is 0.251 e. The Balaban J connectivity index is 0.610. The Morgan fingerprint density at radius 1 is 0.435 bits per heavy atom. The molecule has 11 aromatic rings. The summed E-state index contributed by atoms with van der Waals surface area (Å²) in [6, 6.07) is 54.1. The molecule has 17 nitrogen and oxygen atoms in total. The molecule has 8 aromatic carbocycles. The normalized spacial score (nSPS) is 12.4. The lowest BCUT2D eigenvalue weighted by Crippen LogP contribution is -2.41. The van der Waals surface area contributed by atoms with E-state index in [1.807, 2.05) is 148 Å². The molecule has 1 atom stereocenters. The molecule has 17 heteroatoms. The molecule has 7 N–H and O–H groups in total. The molecule has 4 heterocycles. The second kappa shape index (κ2) is 23.9.